The number of rotatable bonds is 5. The molecule has 6 nitrogen and oxygen atoms in total. The highest BCUT2D eigenvalue weighted by Gasteiger charge is 2.23. The molecule has 2 aromatic rings. The Balaban J connectivity index is 1.53. The van der Waals surface area contributed by atoms with Gasteiger partial charge in [0.2, 0.25) is 5.95 Å². The number of benzene rings is 1. The van der Waals surface area contributed by atoms with Gasteiger partial charge in [0.05, 0.1) is 5.02 Å². The standard InChI is InChI=1S/C20H25ClFN5O/c1-12-10-18(27(2)3)26-20(23-12)25-15-7-5-14(6-8-15)24-19(28)13-4-9-16(21)17(22)11-13/h4,9-11,14-15H,5-8H2,1-3H3,(H,24,28)(H,23,25,26). The fraction of sp³-hybridized carbons (Fsp3) is 0.450. The maximum Gasteiger partial charge on any atom is 0.251 e. The molecule has 1 amide bonds. The van der Waals surface area contributed by atoms with Gasteiger partial charge in [-0.2, -0.15) is 4.98 Å². The first kappa shape index (κ1) is 20.3. The number of aromatic nitrogens is 2. The Kier molecular flexibility index (Phi) is 6.34. The zero-order valence-corrected chi connectivity index (χ0v) is 17.1. The van der Waals surface area contributed by atoms with Gasteiger partial charge in [-0.15, -0.1) is 0 Å². The van der Waals surface area contributed by atoms with E-state index in [1.165, 1.54) is 18.2 Å². The zero-order chi connectivity index (χ0) is 20.3. The Hall–Kier alpha value is -2.41. The van der Waals surface area contributed by atoms with Gasteiger partial charge in [0.15, 0.2) is 0 Å². The second kappa shape index (κ2) is 8.73. The lowest BCUT2D eigenvalue weighted by atomic mass is 9.91. The molecule has 8 heteroatoms. The van der Waals surface area contributed by atoms with Crippen LogP contribution in [0.5, 0.6) is 0 Å². The SMILES string of the molecule is Cc1cc(N(C)C)nc(NC2CCC(NC(=O)c3ccc(Cl)c(F)c3)CC2)n1. The first-order chi connectivity index (χ1) is 13.3. The van der Waals surface area contributed by atoms with Crippen LogP contribution in [-0.2, 0) is 0 Å². The van der Waals surface area contributed by atoms with E-state index < -0.39 is 5.82 Å². The predicted octanol–water partition coefficient (Wildman–Crippen LogP) is 3.80. The fourth-order valence-corrected chi connectivity index (χ4v) is 3.43. The molecule has 0 saturated heterocycles. The van der Waals surface area contributed by atoms with Crippen molar-refractivity contribution in [2.24, 2.45) is 0 Å². The van der Waals surface area contributed by atoms with E-state index in [1.54, 1.807) is 0 Å². The van der Waals surface area contributed by atoms with Crippen LogP contribution in [-0.4, -0.2) is 42.1 Å². The summed E-state index contributed by atoms with van der Waals surface area (Å²) >= 11 is 5.67. The quantitative estimate of drug-likeness (QED) is 0.791. The highest BCUT2D eigenvalue weighted by molar-refractivity contribution is 6.30. The van der Waals surface area contributed by atoms with Crippen molar-refractivity contribution in [2.45, 2.75) is 44.7 Å². The smallest absolute Gasteiger partial charge is 0.251 e. The molecule has 1 aliphatic carbocycles. The topological polar surface area (TPSA) is 70.2 Å². The normalized spacial score (nSPS) is 19.2. The van der Waals surface area contributed by atoms with E-state index in [2.05, 4.69) is 20.6 Å². The molecule has 1 heterocycles. The maximum absolute atomic E-state index is 13.5. The Bertz CT molecular complexity index is 852. The summed E-state index contributed by atoms with van der Waals surface area (Å²) in [5.41, 5.74) is 1.20. The van der Waals surface area contributed by atoms with Gasteiger partial charge in [-0.1, -0.05) is 11.6 Å². The van der Waals surface area contributed by atoms with E-state index in [0.717, 1.165) is 37.2 Å². The van der Waals surface area contributed by atoms with Gasteiger partial charge in [-0.3, -0.25) is 4.79 Å². The summed E-state index contributed by atoms with van der Waals surface area (Å²) in [6.07, 6.45) is 3.47. The van der Waals surface area contributed by atoms with Gasteiger partial charge in [-0.05, 0) is 50.8 Å². The van der Waals surface area contributed by atoms with Crippen LogP contribution in [0.1, 0.15) is 41.7 Å². The molecule has 0 spiro atoms. The number of anilines is 2. The lowest BCUT2D eigenvalue weighted by molar-refractivity contribution is 0.0926. The van der Waals surface area contributed by atoms with Crippen molar-refractivity contribution in [3.63, 3.8) is 0 Å². The Morgan fingerprint density at radius 1 is 1.14 bits per heavy atom. The van der Waals surface area contributed by atoms with Crippen LogP contribution < -0.4 is 15.5 Å². The van der Waals surface area contributed by atoms with E-state index in [0.29, 0.717) is 5.95 Å². The van der Waals surface area contributed by atoms with Crippen LogP contribution in [0.3, 0.4) is 0 Å². The van der Waals surface area contributed by atoms with Gasteiger partial charge in [0.25, 0.3) is 5.91 Å². The average molecular weight is 406 g/mol. The number of nitrogens with zero attached hydrogens (tertiary/aromatic N) is 3. The summed E-state index contributed by atoms with van der Waals surface area (Å²) in [5, 5.41) is 6.41. The minimum atomic E-state index is -0.586. The predicted molar refractivity (Wildman–Crippen MR) is 110 cm³/mol. The van der Waals surface area contributed by atoms with Gasteiger partial charge in [-0.25, -0.2) is 9.37 Å². The van der Waals surface area contributed by atoms with E-state index in [1.807, 2.05) is 32.0 Å². The molecule has 2 N–H and O–H groups in total. The van der Waals surface area contributed by atoms with Crippen LogP contribution in [0, 0.1) is 12.7 Å². The fourth-order valence-electron chi connectivity index (χ4n) is 3.32. The molecule has 0 unspecified atom stereocenters. The molecule has 28 heavy (non-hydrogen) atoms. The molecule has 150 valence electrons. The van der Waals surface area contributed by atoms with Gasteiger partial charge >= 0.3 is 0 Å². The molecule has 1 aromatic carbocycles. The Morgan fingerprint density at radius 3 is 2.46 bits per heavy atom. The number of carbonyl (C=O) groups is 1. The maximum atomic E-state index is 13.5. The molecule has 1 saturated carbocycles. The van der Waals surface area contributed by atoms with E-state index in [4.69, 9.17) is 11.6 Å². The second-order valence-electron chi connectivity index (χ2n) is 7.38. The van der Waals surface area contributed by atoms with Gasteiger partial charge < -0.3 is 15.5 Å². The summed E-state index contributed by atoms with van der Waals surface area (Å²) in [6.45, 7) is 1.95. The zero-order valence-electron chi connectivity index (χ0n) is 16.3. The summed E-state index contributed by atoms with van der Waals surface area (Å²) in [4.78, 5) is 23.3. The van der Waals surface area contributed by atoms with Crippen molar-refractivity contribution >= 4 is 29.3 Å². The Labute approximate surface area is 169 Å². The first-order valence-electron chi connectivity index (χ1n) is 9.37. The molecule has 0 atom stereocenters. The summed E-state index contributed by atoms with van der Waals surface area (Å²) in [6, 6.07) is 6.37. The van der Waals surface area contributed by atoms with Crippen LogP contribution in [0.2, 0.25) is 5.02 Å². The van der Waals surface area contributed by atoms with Crippen LogP contribution in [0.15, 0.2) is 24.3 Å². The van der Waals surface area contributed by atoms with Crippen molar-refractivity contribution < 1.29 is 9.18 Å². The molecule has 3 rings (SSSR count). The van der Waals surface area contributed by atoms with Crippen molar-refractivity contribution in [1.29, 1.82) is 0 Å². The minimum Gasteiger partial charge on any atom is -0.363 e. The number of aryl methyl sites for hydroxylation is 1. The second-order valence-corrected chi connectivity index (χ2v) is 7.79. The van der Waals surface area contributed by atoms with E-state index in [9.17, 15) is 9.18 Å². The number of carbonyl (C=O) groups excluding carboxylic acids is 1. The molecule has 1 aliphatic rings. The third-order valence-electron chi connectivity index (χ3n) is 4.88. The Morgan fingerprint density at radius 2 is 1.82 bits per heavy atom. The van der Waals surface area contributed by atoms with Gasteiger partial charge in [0.1, 0.15) is 11.6 Å². The average Bonchev–Trinajstić information content (AvgIpc) is 2.65. The molecule has 1 aromatic heterocycles. The highest BCUT2D eigenvalue weighted by atomic mass is 35.5. The third kappa shape index (κ3) is 5.10. The highest BCUT2D eigenvalue weighted by Crippen LogP contribution is 2.23. The first-order valence-corrected chi connectivity index (χ1v) is 9.75. The van der Waals surface area contributed by atoms with E-state index >= 15 is 0 Å². The van der Waals surface area contributed by atoms with Gasteiger partial charge in [0, 0.05) is 43.5 Å². The lowest BCUT2D eigenvalue weighted by Gasteiger charge is -2.30. The van der Waals surface area contributed by atoms with Crippen LogP contribution in [0.25, 0.3) is 0 Å². The minimum absolute atomic E-state index is 0.0129. The number of hydrogen-bond acceptors (Lipinski definition) is 5. The molecular weight excluding hydrogens is 381 g/mol. The number of halogens is 2. The summed E-state index contributed by atoms with van der Waals surface area (Å²) in [7, 11) is 3.90. The summed E-state index contributed by atoms with van der Waals surface area (Å²) < 4.78 is 13.5. The van der Waals surface area contributed by atoms with Crippen molar-refractivity contribution in [1.82, 2.24) is 15.3 Å². The molecule has 0 aliphatic heterocycles. The van der Waals surface area contributed by atoms with Crippen molar-refractivity contribution in [3.05, 3.63) is 46.4 Å². The van der Waals surface area contributed by atoms with Crippen LogP contribution >= 0.6 is 11.6 Å². The lowest BCUT2D eigenvalue weighted by Crippen LogP contribution is -2.40. The number of hydrogen-bond donors (Lipinski definition) is 2. The summed E-state index contributed by atoms with van der Waals surface area (Å²) in [5.74, 6) is 0.640. The number of amides is 1. The molecule has 1 fully saturated rings. The van der Waals surface area contributed by atoms with Crippen molar-refractivity contribution in [2.75, 3.05) is 24.3 Å². The molecular formula is C20H25ClFN5O. The largest absolute Gasteiger partial charge is 0.363 e. The third-order valence-corrected chi connectivity index (χ3v) is 5.18. The number of nitrogens with one attached hydrogen (secondary N) is 2. The van der Waals surface area contributed by atoms with Crippen LogP contribution in [0.4, 0.5) is 16.2 Å². The molecule has 0 bridgehead atoms. The monoisotopic (exact) mass is 405 g/mol. The van der Waals surface area contributed by atoms with E-state index in [-0.39, 0.29) is 28.6 Å². The molecule has 0 radical (unpaired) electrons. The van der Waals surface area contributed by atoms with Crippen molar-refractivity contribution in [3.8, 4) is 0 Å².